The van der Waals surface area contributed by atoms with Crippen LogP contribution in [0.2, 0.25) is 0 Å². The van der Waals surface area contributed by atoms with E-state index in [9.17, 15) is 0 Å². The zero-order valence-electron chi connectivity index (χ0n) is 13.7. The Morgan fingerprint density at radius 1 is 1.33 bits per heavy atom. The lowest BCUT2D eigenvalue weighted by Gasteiger charge is -2.33. The van der Waals surface area contributed by atoms with Gasteiger partial charge in [0.25, 0.3) is 0 Å². The molecular formula is C18H28N2O. The van der Waals surface area contributed by atoms with Gasteiger partial charge in [-0.1, -0.05) is 19.9 Å². The Hall–Kier alpha value is -1.06. The number of likely N-dealkylation sites (N-methyl/N-ethyl adjacent to an activating group) is 1. The highest BCUT2D eigenvalue weighted by molar-refractivity contribution is 5.43. The number of rotatable bonds is 4. The van der Waals surface area contributed by atoms with Crippen molar-refractivity contribution in [2.24, 2.45) is 5.92 Å². The van der Waals surface area contributed by atoms with Gasteiger partial charge in [-0.2, -0.15) is 0 Å². The van der Waals surface area contributed by atoms with Gasteiger partial charge in [0, 0.05) is 24.7 Å². The van der Waals surface area contributed by atoms with E-state index in [1.165, 1.54) is 24.1 Å². The van der Waals surface area contributed by atoms with Crippen LogP contribution in [0, 0.1) is 5.92 Å². The molecule has 3 nitrogen and oxygen atoms in total. The highest BCUT2D eigenvalue weighted by atomic mass is 16.5. The largest absolute Gasteiger partial charge is 0.497 e. The number of methoxy groups -OCH3 is 1. The zero-order chi connectivity index (χ0) is 15.0. The molecule has 116 valence electrons. The van der Waals surface area contributed by atoms with E-state index < -0.39 is 0 Å². The molecule has 4 atom stereocenters. The number of fused-ring (bicyclic) bond motifs is 1. The molecular weight excluding hydrogens is 260 g/mol. The molecule has 0 bridgehead atoms. The van der Waals surface area contributed by atoms with Crippen molar-refractivity contribution in [1.82, 2.24) is 10.2 Å². The molecule has 4 unspecified atom stereocenters. The molecule has 0 aromatic heterocycles. The van der Waals surface area contributed by atoms with Gasteiger partial charge < -0.3 is 10.1 Å². The van der Waals surface area contributed by atoms with E-state index >= 15 is 0 Å². The molecule has 1 fully saturated rings. The Morgan fingerprint density at radius 3 is 2.76 bits per heavy atom. The van der Waals surface area contributed by atoms with Gasteiger partial charge >= 0.3 is 0 Å². The first kappa shape index (κ1) is 14.9. The molecule has 3 rings (SSSR count). The monoisotopic (exact) mass is 288 g/mol. The zero-order valence-corrected chi connectivity index (χ0v) is 13.7. The summed E-state index contributed by atoms with van der Waals surface area (Å²) >= 11 is 0. The molecule has 1 heterocycles. The van der Waals surface area contributed by atoms with Gasteiger partial charge in [0.2, 0.25) is 0 Å². The van der Waals surface area contributed by atoms with Crippen LogP contribution in [0.1, 0.15) is 44.4 Å². The quantitative estimate of drug-likeness (QED) is 0.922. The summed E-state index contributed by atoms with van der Waals surface area (Å²) in [7, 11) is 1.75. The molecule has 1 N–H and O–H groups in total. The van der Waals surface area contributed by atoms with Crippen molar-refractivity contribution in [1.29, 1.82) is 0 Å². The number of hydrogen-bond acceptors (Lipinski definition) is 3. The number of benzene rings is 1. The standard InChI is InChI=1S/C18H28N2O/c1-5-19-18-16-10-15(21-4)7-6-14(16)9-17(18)20-11-12(2)8-13(20)3/h6-7,10,12-13,17-19H,5,8-9,11H2,1-4H3. The first-order chi connectivity index (χ1) is 10.1. The Bertz CT molecular complexity index is 502. The van der Waals surface area contributed by atoms with E-state index in [-0.39, 0.29) is 0 Å². The van der Waals surface area contributed by atoms with E-state index in [0.29, 0.717) is 18.1 Å². The molecule has 1 aromatic rings. The number of likely N-dealkylation sites (tertiary alicyclic amines) is 1. The maximum absolute atomic E-state index is 5.42. The van der Waals surface area contributed by atoms with Crippen LogP contribution >= 0.6 is 0 Å². The Morgan fingerprint density at radius 2 is 2.14 bits per heavy atom. The van der Waals surface area contributed by atoms with Crippen molar-refractivity contribution in [3.8, 4) is 5.75 Å². The van der Waals surface area contributed by atoms with Crippen LogP contribution in [0.4, 0.5) is 0 Å². The summed E-state index contributed by atoms with van der Waals surface area (Å²) in [5.41, 5.74) is 2.92. The van der Waals surface area contributed by atoms with E-state index in [1.54, 1.807) is 7.11 Å². The normalized spacial score (nSPS) is 32.4. The van der Waals surface area contributed by atoms with Crippen molar-refractivity contribution in [3.05, 3.63) is 29.3 Å². The molecule has 0 spiro atoms. The number of nitrogens with zero attached hydrogens (tertiary/aromatic N) is 1. The summed E-state index contributed by atoms with van der Waals surface area (Å²) in [5.74, 6) is 1.79. The average Bonchev–Trinajstić information content (AvgIpc) is 2.99. The lowest BCUT2D eigenvalue weighted by molar-refractivity contribution is 0.158. The minimum atomic E-state index is 0.438. The average molecular weight is 288 g/mol. The van der Waals surface area contributed by atoms with Crippen LogP contribution < -0.4 is 10.1 Å². The SMILES string of the molecule is CCNC1c2cc(OC)ccc2CC1N1CC(C)CC1C. The molecule has 3 heteroatoms. The number of nitrogens with one attached hydrogen (secondary N) is 1. The highest BCUT2D eigenvalue weighted by Gasteiger charge is 2.40. The first-order valence-electron chi connectivity index (χ1n) is 8.30. The van der Waals surface area contributed by atoms with Crippen LogP contribution in [-0.4, -0.2) is 37.2 Å². The van der Waals surface area contributed by atoms with E-state index in [2.05, 4.69) is 49.2 Å². The summed E-state index contributed by atoms with van der Waals surface area (Å²) < 4.78 is 5.42. The van der Waals surface area contributed by atoms with Crippen molar-refractivity contribution in [3.63, 3.8) is 0 Å². The molecule has 0 radical (unpaired) electrons. The molecule has 1 aromatic carbocycles. The minimum absolute atomic E-state index is 0.438. The molecule has 21 heavy (non-hydrogen) atoms. The lowest BCUT2D eigenvalue weighted by Crippen LogP contribution is -2.44. The van der Waals surface area contributed by atoms with Crippen molar-refractivity contribution < 1.29 is 4.74 Å². The third kappa shape index (κ3) is 2.69. The fourth-order valence-electron chi connectivity index (χ4n) is 4.29. The predicted molar refractivity (Wildman–Crippen MR) is 86.9 cm³/mol. The maximum Gasteiger partial charge on any atom is 0.119 e. The van der Waals surface area contributed by atoms with Crippen molar-refractivity contribution in [2.75, 3.05) is 20.2 Å². The summed E-state index contributed by atoms with van der Waals surface area (Å²) in [6.45, 7) is 9.21. The lowest BCUT2D eigenvalue weighted by atomic mass is 10.0. The topological polar surface area (TPSA) is 24.5 Å². The summed E-state index contributed by atoms with van der Waals surface area (Å²) in [6.07, 6.45) is 2.49. The molecule has 2 aliphatic rings. The third-order valence-electron chi connectivity index (χ3n) is 5.18. The summed E-state index contributed by atoms with van der Waals surface area (Å²) in [4.78, 5) is 2.73. The third-order valence-corrected chi connectivity index (χ3v) is 5.18. The number of ether oxygens (including phenoxy) is 1. The molecule has 1 saturated heterocycles. The van der Waals surface area contributed by atoms with Crippen LogP contribution in [0.3, 0.4) is 0 Å². The fourth-order valence-corrected chi connectivity index (χ4v) is 4.29. The molecule has 1 aliphatic carbocycles. The summed E-state index contributed by atoms with van der Waals surface area (Å²) in [5, 5.41) is 3.72. The van der Waals surface area contributed by atoms with Crippen LogP contribution in [-0.2, 0) is 6.42 Å². The van der Waals surface area contributed by atoms with Crippen LogP contribution in [0.15, 0.2) is 18.2 Å². The number of hydrogen-bond donors (Lipinski definition) is 1. The minimum Gasteiger partial charge on any atom is -0.497 e. The Labute approximate surface area is 128 Å². The van der Waals surface area contributed by atoms with E-state index in [0.717, 1.165) is 24.6 Å². The fraction of sp³-hybridized carbons (Fsp3) is 0.667. The molecule has 0 saturated carbocycles. The van der Waals surface area contributed by atoms with Gasteiger partial charge in [-0.3, -0.25) is 4.90 Å². The molecule has 0 amide bonds. The Balaban J connectivity index is 1.89. The second-order valence-corrected chi connectivity index (χ2v) is 6.76. The maximum atomic E-state index is 5.42. The van der Waals surface area contributed by atoms with E-state index in [4.69, 9.17) is 4.74 Å². The van der Waals surface area contributed by atoms with Crippen molar-refractivity contribution >= 4 is 0 Å². The van der Waals surface area contributed by atoms with Gasteiger partial charge in [-0.05, 0) is 55.5 Å². The smallest absolute Gasteiger partial charge is 0.119 e. The predicted octanol–water partition coefficient (Wildman–Crippen LogP) is 3.00. The van der Waals surface area contributed by atoms with Gasteiger partial charge in [0.15, 0.2) is 0 Å². The van der Waals surface area contributed by atoms with Crippen LogP contribution in [0.5, 0.6) is 5.75 Å². The summed E-state index contributed by atoms with van der Waals surface area (Å²) in [6, 6.07) is 8.30. The van der Waals surface area contributed by atoms with Gasteiger partial charge in [-0.15, -0.1) is 0 Å². The van der Waals surface area contributed by atoms with Gasteiger partial charge in [-0.25, -0.2) is 0 Å². The van der Waals surface area contributed by atoms with Crippen LogP contribution in [0.25, 0.3) is 0 Å². The molecule has 1 aliphatic heterocycles. The van der Waals surface area contributed by atoms with E-state index in [1.807, 2.05) is 0 Å². The highest BCUT2D eigenvalue weighted by Crippen LogP contribution is 2.39. The second kappa shape index (κ2) is 5.98. The van der Waals surface area contributed by atoms with Crippen molar-refractivity contribution in [2.45, 2.75) is 51.7 Å². The Kier molecular flexibility index (Phi) is 4.23. The first-order valence-corrected chi connectivity index (χ1v) is 8.30. The van der Waals surface area contributed by atoms with Gasteiger partial charge in [0.05, 0.1) is 7.11 Å². The second-order valence-electron chi connectivity index (χ2n) is 6.76. The van der Waals surface area contributed by atoms with Gasteiger partial charge in [0.1, 0.15) is 5.75 Å².